The Bertz CT molecular complexity index is 449. The van der Waals surface area contributed by atoms with Gasteiger partial charge in [-0.2, -0.15) is 0 Å². The van der Waals surface area contributed by atoms with Crippen LogP contribution in [0, 0.1) is 5.41 Å². The normalized spacial score (nSPS) is 37.4. The first kappa shape index (κ1) is 16.1. The molecule has 3 unspecified atom stereocenters. The molecule has 3 aliphatic heterocycles. The molecule has 5 heteroatoms. The molecule has 0 bridgehead atoms. The summed E-state index contributed by atoms with van der Waals surface area (Å²) in [5.74, 6) is 0. The van der Waals surface area contributed by atoms with Gasteiger partial charge >= 0.3 is 6.21 Å². The lowest BCUT2D eigenvalue weighted by molar-refractivity contribution is -0.145. The predicted molar refractivity (Wildman–Crippen MR) is 88.1 cm³/mol. The van der Waals surface area contributed by atoms with Crippen molar-refractivity contribution < 1.29 is 9.13 Å². The predicted octanol–water partition coefficient (Wildman–Crippen LogP) is 1.31. The van der Waals surface area contributed by atoms with E-state index in [1.54, 1.807) is 6.21 Å². The van der Waals surface area contributed by atoms with Crippen LogP contribution in [0.5, 0.6) is 0 Å². The monoisotopic (exact) mass is 310 g/mol. The Morgan fingerprint density at radius 2 is 2.05 bits per heavy atom. The Hall–Kier alpha value is -0.740. The summed E-state index contributed by atoms with van der Waals surface area (Å²) in [4.78, 5) is 2.27. The number of nitrogens with zero attached hydrogens (tertiary/aromatic N) is 2. The van der Waals surface area contributed by atoms with Gasteiger partial charge in [-0.25, -0.2) is 4.39 Å². The lowest BCUT2D eigenvalue weighted by Crippen LogP contribution is -2.67. The Balaban J connectivity index is 1.68. The van der Waals surface area contributed by atoms with E-state index in [0.717, 1.165) is 64.8 Å². The molecule has 3 heterocycles. The van der Waals surface area contributed by atoms with E-state index in [1.165, 1.54) is 6.21 Å². The molecular formula is C17H29FN3O+. The number of nitrogens with two attached hydrogens (primary N) is 1. The maximum Gasteiger partial charge on any atom is 0.304 e. The molecule has 4 nitrogen and oxygen atoms in total. The molecule has 1 spiro atoms. The van der Waals surface area contributed by atoms with Crippen molar-refractivity contribution in [2.75, 3.05) is 26.3 Å². The second-order valence-electron chi connectivity index (χ2n) is 7.41. The van der Waals surface area contributed by atoms with Gasteiger partial charge in [-0.1, -0.05) is 26.2 Å². The summed E-state index contributed by atoms with van der Waals surface area (Å²) in [6, 6.07) is -0.264. The highest BCUT2D eigenvalue weighted by molar-refractivity contribution is 5.81. The van der Waals surface area contributed by atoms with Gasteiger partial charge in [-0.15, -0.1) is 4.67 Å². The zero-order valence-electron chi connectivity index (χ0n) is 13.6. The highest BCUT2D eigenvalue weighted by Crippen LogP contribution is 2.40. The minimum atomic E-state index is -1.07. The van der Waals surface area contributed by atoms with Crippen LogP contribution in [0.2, 0.25) is 0 Å². The van der Waals surface area contributed by atoms with Crippen molar-refractivity contribution in [3.8, 4) is 0 Å². The first-order chi connectivity index (χ1) is 10.6. The quantitative estimate of drug-likeness (QED) is 0.615. The topological polar surface area (TPSA) is 52.6 Å². The molecule has 2 N–H and O–H groups in total. The number of ether oxygens (including phenoxy) is 1. The minimum Gasteiger partial charge on any atom is -0.380 e. The smallest absolute Gasteiger partial charge is 0.304 e. The lowest BCUT2D eigenvalue weighted by atomic mass is 9.74. The van der Waals surface area contributed by atoms with Gasteiger partial charge in [0, 0.05) is 5.41 Å². The number of unbranched alkanes of at least 4 members (excludes halogenated alkanes) is 2. The summed E-state index contributed by atoms with van der Waals surface area (Å²) >= 11 is 0. The van der Waals surface area contributed by atoms with Crippen LogP contribution in [-0.2, 0) is 4.74 Å². The zero-order valence-corrected chi connectivity index (χ0v) is 13.6. The van der Waals surface area contributed by atoms with Crippen LogP contribution in [0.3, 0.4) is 0 Å². The van der Waals surface area contributed by atoms with Crippen LogP contribution in [0.15, 0.2) is 0 Å². The highest BCUT2D eigenvalue weighted by atomic mass is 19.1. The fourth-order valence-corrected chi connectivity index (χ4v) is 4.11. The average molecular weight is 310 g/mol. The highest BCUT2D eigenvalue weighted by Gasteiger charge is 2.51. The number of halogens is 1. The molecular weight excluding hydrogens is 281 g/mol. The first-order valence-corrected chi connectivity index (χ1v) is 8.71. The molecule has 0 aromatic rings. The number of hydrogen-bond acceptors (Lipinski definition) is 3. The average Bonchev–Trinajstić information content (AvgIpc) is 2.46. The summed E-state index contributed by atoms with van der Waals surface area (Å²) in [7, 11) is 0. The lowest BCUT2D eigenvalue weighted by Gasteiger charge is -2.50. The fourth-order valence-electron chi connectivity index (χ4n) is 4.11. The molecule has 22 heavy (non-hydrogen) atoms. The number of piperidine rings is 1. The number of alkyl halides is 1. The van der Waals surface area contributed by atoms with E-state index in [9.17, 15) is 4.39 Å². The Labute approximate surface area is 132 Å². The molecule has 0 amide bonds. The van der Waals surface area contributed by atoms with Gasteiger partial charge in [0.1, 0.15) is 5.54 Å². The largest absolute Gasteiger partial charge is 0.380 e. The molecule has 3 aliphatic rings. The van der Waals surface area contributed by atoms with Crippen LogP contribution < -0.4 is 10.4 Å². The summed E-state index contributed by atoms with van der Waals surface area (Å²) in [5.41, 5.74) is 6.34. The van der Waals surface area contributed by atoms with Crippen molar-refractivity contribution >= 4 is 12.4 Å². The Morgan fingerprint density at radius 1 is 1.32 bits per heavy atom. The maximum atomic E-state index is 14.6. The summed E-state index contributed by atoms with van der Waals surface area (Å²) in [6.07, 6.45) is 8.48. The van der Waals surface area contributed by atoms with E-state index in [1.807, 2.05) is 0 Å². The molecule has 0 aliphatic carbocycles. The number of likely N-dealkylation sites (tertiary alicyclic amines) is 1. The standard InChI is InChI=1S/C17H29FN3O/c1-2-3-4-5-17(19)11-20-10-14(18)15(17)21-8-6-16(7-9-21)12-22-13-16/h10-11,14-15H,2-9,12-13,19H2,1H3/q+1. The van der Waals surface area contributed by atoms with Crippen molar-refractivity contribution in [2.45, 2.75) is 63.2 Å². The van der Waals surface area contributed by atoms with Gasteiger partial charge in [-0.3, -0.25) is 4.90 Å². The van der Waals surface area contributed by atoms with Crippen LogP contribution in [0.25, 0.3) is 0 Å². The van der Waals surface area contributed by atoms with Gasteiger partial charge in [0.2, 0.25) is 6.17 Å². The molecule has 3 rings (SSSR count). The van der Waals surface area contributed by atoms with Gasteiger partial charge in [-0.05, 0) is 32.4 Å². The maximum absolute atomic E-state index is 14.6. The van der Waals surface area contributed by atoms with Crippen molar-refractivity contribution in [3.05, 3.63) is 0 Å². The van der Waals surface area contributed by atoms with E-state index < -0.39 is 11.7 Å². The van der Waals surface area contributed by atoms with E-state index in [-0.39, 0.29) is 6.04 Å². The van der Waals surface area contributed by atoms with Crippen LogP contribution in [0.4, 0.5) is 4.39 Å². The van der Waals surface area contributed by atoms with E-state index in [0.29, 0.717) is 5.41 Å². The molecule has 0 saturated carbocycles. The van der Waals surface area contributed by atoms with Crippen LogP contribution in [-0.4, -0.2) is 61.4 Å². The summed E-state index contributed by atoms with van der Waals surface area (Å²) in [6.45, 7) is 5.77. The fraction of sp³-hybridized carbons (Fsp3) is 0.882. The van der Waals surface area contributed by atoms with Gasteiger partial charge < -0.3 is 10.5 Å². The summed E-state index contributed by atoms with van der Waals surface area (Å²) in [5, 5.41) is 0. The SMILES string of the molecule is CCCCCC1(N)C=[N+]=CC(F)C1N1CCC2(CC1)COC2. The molecule has 3 atom stereocenters. The third kappa shape index (κ3) is 3.00. The molecule has 0 radical (unpaired) electrons. The Morgan fingerprint density at radius 3 is 2.64 bits per heavy atom. The third-order valence-corrected chi connectivity index (χ3v) is 5.68. The minimum absolute atomic E-state index is 0.264. The number of rotatable bonds is 5. The van der Waals surface area contributed by atoms with Crippen LogP contribution >= 0.6 is 0 Å². The van der Waals surface area contributed by atoms with Crippen molar-refractivity contribution in [1.82, 2.24) is 9.57 Å². The molecule has 2 fully saturated rings. The van der Waals surface area contributed by atoms with E-state index in [2.05, 4.69) is 16.5 Å². The molecule has 0 aromatic heterocycles. The molecule has 0 aromatic carbocycles. The molecule has 124 valence electrons. The van der Waals surface area contributed by atoms with Crippen molar-refractivity contribution in [1.29, 1.82) is 0 Å². The van der Waals surface area contributed by atoms with Gasteiger partial charge in [0.05, 0.1) is 19.3 Å². The van der Waals surface area contributed by atoms with Crippen molar-refractivity contribution in [2.24, 2.45) is 11.1 Å². The second kappa shape index (κ2) is 6.40. The van der Waals surface area contributed by atoms with E-state index >= 15 is 0 Å². The van der Waals surface area contributed by atoms with Gasteiger partial charge in [0.25, 0.3) is 6.21 Å². The Kier molecular flexibility index (Phi) is 4.69. The van der Waals surface area contributed by atoms with Gasteiger partial charge in [0.15, 0.2) is 0 Å². The van der Waals surface area contributed by atoms with Crippen LogP contribution in [0.1, 0.15) is 45.4 Å². The summed E-state index contributed by atoms with van der Waals surface area (Å²) < 4.78 is 24.1. The first-order valence-electron chi connectivity index (χ1n) is 8.71. The second-order valence-corrected chi connectivity index (χ2v) is 7.41. The zero-order chi connectivity index (χ0) is 15.6. The van der Waals surface area contributed by atoms with Crippen molar-refractivity contribution in [3.63, 3.8) is 0 Å². The third-order valence-electron chi connectivity index (χ3n) is 5.68. The molecule has 2 saturated heterocycles. The number of hydrogen-bond donors (Lipinski definition) is 1. The van der Waals surface area contributed by atoms with E-state index in [4.69, 9.17) is 10.5 Å².